The Morgan fingerprint density at radius 1 is 1.31 bits per heavy atom. The fourth-order valence-electron chi connectivity index (χ4n) is 1.59. The number of hydrogen-bond donors (Lipinski definition) is 1. The van der Waals surface area contributed by atoms with Gasteiger partial charge in [-0.2, -0.15) is 0 Å². The predicted octanol–water partition coefficient (Wildman–Crippen LogP) is 0.836. The topological polar surface area (TPSA) is 74.7 Å². The van der Waals surface area contributed by atoms with Gasteiger partial charge in [0, 0.05) is 7.05 Å². The van der Waals surface area contributed by atoms with Crippen LogP contribution < -0.4 is 4.90 Å². The van der Waals surface area contributed by atoms with Gasteiger partial charge in [-0.15, -0.1) is 0 Å². The van der Waals surface area contributed by atoms with E-state index >= 15 is 0 Å². The third-order valence-electron chi connectivity index (χ3n) is 2.44. The molecule has 84 valence electrons. The molecule has 0 aliphatic carbocycles. The molecular formula is C10H9NO4S. The monoisotopic (exact) mass is 239 g/mol. The first-order chi connectivity index (χ1) is 7.50. The van der Waals surface area contributed by atoms with Gasteiger partial charge in [-0.25, -0.2) is 8.42 Å². The summed E-state index contributed by atoms with van der Waals surface area (Å²) in [6.45, 7) is 0. The summed E-state index contributed by atoms with van der Waals surface area (Å²) in [5, 5.41) is 8.85. The van der Waals surface area contributed by atoms with Crippen molar-refractivity contribution in [3.05, 3.63) is 35.4 Å². The van der Waals surface area contributed by atoms with Crippen LogP contribution in [-0.2, 0) is 14.6 Å². The summed E-state index contributed by atoms with van der Waals surface area (Å²) in [6, 6.07) is 6.15. The van der Waals surface area contributed by atoms with Crippen molar-refractivity contribution < 1.29 is 18.3 Å². The van der Waals surface area contributed by atoms with Crippen LogP contribution in [0.4, 0.5) is 5.69 Å². The molecule has 0 spiro atoms. The molecule has 0 saturated heterocycles. The Kier molecular flexibility index (Phi) is 2.23. The lowest BCUT2D eigenvalue weighted by molar-refractivity contribution is -0.114. The van der Waals surface area contributed by atoms with Crippen LogP contribution in [0.25, 0.3) is 0 Å². The number of carbonyl (C=O) groups is 1. The zero-order valence-electron chi connectivity index (χ0n) is 8.41. The maximum atomic E-state index is 11.9. The minimum Gasteiger partial charge on any atom is -0.514 e. The largest absolute Gasteiger partial charge is 0.514 e. The Morgan fingerprint density at radius 2 is 1.94 bits per heavy atom. The predicted molar refractivity (Wildman–Crippen MR) is 57.7 cm³/mol. The normalized spacial score (nSPS) is 20.9. The van der Waals surface area contributed by atoms with Gasteiger partial charge in [-0.3, -0.25) is 4.79 Å². The molecule has 1 N–H and O–H groups in total. The summed E-state index contributed by atoms with van der Waals surface area (Å²) in [4.78, 5) is 12.3. The molecule has 1 heterocycles. The first kappa shape index (κ1) is 10.7. The molecule has 0 unspecified atom stereocenters. The number of aliphatic hydroxyl groups is 1. The number of hydrogen-bond acceptors (Lipinski definition) is 4. The van der Waals surface area contributed by atoms with Gasteiger partial charge in [-0.05, 0) is 12.1 Å². The molecule has 2 rings (SSSR count). The maximum absolute atomic E-state index is 11.9. The van der Waals surface area contributed by atoms with E-state index in [9.17, 15) is 13.2 Å². The third kappa shape index (κ3) is 1.23. The Morgan fingerprint density at radius 3 is 2.56 bits per heavy atom. The number of amides is 1. The number of aliphatic hydroxyl groups excluding tert-OH is 1. The summed E-state index contributed by atoms with van der Waals surface area (Å²) < 4.78 is 23.8. The molecule has 0 saturated carbocycles. The average Bonchev–Trinajstić information content (AvgIpc) is 2.27. The van der Waals surface area contributed by atoms with Crippen LogP contribution in [0.3, 0.4) is 0 Å². The van der Waals surface area contributed by atoms with E-state index in [2.05, 4.69) is 0 Å². The molecule has 0 fully saturated rings. The summed E-state index contributed by atoms with van der Waals surface area (Å²) in [5.41, 5.74) is 0.318. The smallest absolute Gasteiger partial charge is 0.273 e. The number of carbonyl (C=O) groups excluding carboxylic acids is 1. The lowest BCUT2D eigenvalue weighted by atomic mass is 10.3. The lowest BCUT2D eigenvalue weighted by Crippen LogP contribution is -2.36. The molecule has 6 heteroatoms. The molecule has 1 amide bonds. The summed E-state index contributed by atoms with van der Waals surface area (Å²) in [5.74, 6) is -0.735. The second-order valence-electron chi connectivity index (χ2n) is 3.33. The molecule has 5 nitrogen and oxygen atoms in total. The van der Waals surface area contributed by atoms with E-state index in [1.165, 1.54) is 18.0 Å². The number of nitrogens with zero attached hydrogens (tertiary/aromatic N) is 1. The first-order valence-electron chi connectivity index (χ1n) is 4.46. The van der Waals surface area contributed by atoms with Crippen molar-refractivity contribution in [2.24, 2.45) is 0 Å². The molecule has 0 bridgehead atoms. The zero-order valence-corrected chi connectivity index (χ0v) is 9.23. The van der Waals surface area contributed by atoms with E-state index in [1.807, 2.05) is 0 Å². The van der Waals surface area contributed by atoms with E-state index in [4.69, 9.17) is 5.11 Å². The highest BCUT2D eigenvalue weighted by molar-refractivity contribution is 7.96. The van der Waals surface area contributed by atoms with Crippen molar-refractivity contribution in [3.8, 4) is 0 Å². The summed E-state index contributed by atoms with van der Waals surface area (Å²) in [7, 11) is -2.44. The highest BCUT2D eigenvalue weighted by Crippen LogP contribution is 2.34. The highest BCUT2D eigenvalue weighted by Gasteiger charge is 2.38. The van der Waals surface area contributed by atoms with E-state index in [1.54, 1.807) is 18.2 Å². The first-order valence-corrected chi connectivity index (χ1v) is 5.95. The Bertz CT molecular complexity index is 589. The Labute approximate surface area is 92.5 Å². The van der Waals surface area contributed by atoms with Crippen molar-refractivity contribution in [1.82, 2.24) is 0 Å². The number of anilines is 1. The van der Waals surface area contributed by atoms with E-state index in [-0.39, 0.29) is 4.90 Å². The van der Waals surface area contributed by atoms with Crippen molar-refractivity contribution in [2.75, 3.05) is 11.9 Å². The molecule has 1 aliphatic heterocycles. The second-order valence-corrected chi connectivity index (χ2v) is 5.22. The van der Waals surface area contributed by atoms with Gasteiger partial charge in [-0.1, -0.05) is 12.1 Å². The van der Waals surface area contributed by atoms with Gasteiger partial charge in [0.25, 0.3) is 5.91 Å². The SMILES string of the molecule is CN1C(=O)/C(=C\O)S(=O)(=O)c2ccccc21. The molecule has 1 aliphatic rings. The van der Waals surface area contributed by atoms with Gasteiger partial charge in [0.05, 0.1) is 10.6 Å². The number of para-hydroxylation sites is 1. The quantitative estimate of drug-likeness (QED) is 0.537. The molecule has 0 aromatic heterocycles. The van der Waals surface area contributed by atoms with E-state index in [0.717, 1.165) is 0 Å². The minimum absolute atomic E-state index is 0.0254. The Hall–Kier alpha value is -1.82. The second kappa shape index (κ2) is 3.34. The number of likely N-dealkylation sites (N-methyl/N-ethyl adjacent to an activating group) is 1. The van der Waals surface area contributed by atoms with Gasteiger partial charge >= 0.3 is 0 Å². The minimum atomic E-state index is -3.90. The van der Waals surface area contributed by atoms with Gasteiger partial charge < -0.3 is 10.0 Å². The molecule has 0 atom stereocenters. The number of sulfone groups is 1. The molecule has 0 radical (unpaired) electrons. The van der Waals surface area contributed by atoms with Crippen molar-refractivity contribution >= 4 is 21.4 Å². The van der Waals surface area contributed by atoms with Crippen LogP contribution >= 0.6 is 0 Å². The van der Waals surface area contributed by atoms with Gasteiger partial charge in [0.15, 0.2) is 4.91 Å². The van der Waals surface area contributed by atoms with E-state index < -0.39 is 20.6 Å². The lowest BCUT2D eigenvalue weighted by Gasteiger charge is -2.26. The van der Waals surface area contributed by atoms with Gasteiger partial charge in [0.2, 0.25) is 9.84 Å². The fourth-order valence-corrected chi connectivity index (χ4v) is 3.07. The maximum Gasteiger partial charge on any atom is 0.273 e. The highest BCUT2D eigenvalue weighted by atomic mass is 32.2. The van der Waals surface area contributed by atoms with Crippen molar-refractivity contribution in [2.45, 2.75) is 4.90 Å². The van der Waals surface area contributed by atoms with Crippen molar-refractivity contribution in [3.63, 3.8) is 0 Å². The number of rotatable bonds is 0. The fraction of sp³-hybridized carbons (Fsp3) is 0.100. The molecular weight excluding hydrogens is 230 g/mol. The number of benzene rings is 1. The Balaban J connectivity index is 2.84. The van der Waals surface area contributed by atoms with Crippen molar-refractivity contribution in [1.29, 1.82) is 0 Å². The zero-order chi connectivity index (χ0) is 11.9. The van der Waals surface area contributed by atoms with Crippen LogP contribution in [0.1, 0.15) is 0 Å². The average molecular weight is 239 g/mol. The molecule has 1 aromatic rings. The van der Waals surface area contributed by atoms with Crippen LogP contribution in [0.2, 0.25) is 0 Å². The standard InChI is InChI=1S/C10H9NO4S/c1-11-7-4-2-3-5-8(7)16(14,15)9(6-12)10(11)13/h2-6,12H,1H3/b9-6+. The molecule has 16 heavy (non-hydrogen) atoms. The summed E-state index contributed by atoms with van der Waals surface area (Å²) >= 11 is 0. The molecule has 1 aromatic carbocycles. The number of fused-ring (bicyclic) bond motifs is 1. The van der Waals surface area contributed by atoms with Crippen LogP contribution in [0.15, 0.2) is 40.3 Å². The van der Waals surface area contributed by atoms with Crippen LogP contribution in [0.5, 0.6) is 0 Å². The van der Waals surface area contributed by atoms with E-state index in [0.29, 0.717) is 11.9 Å². The van der Waals surface area contributed by atoms with Crippen LogP contribution in [-0.4, -0.2) is 26.5 Å². The summed E-state index contributed by atoms with van der Waals surface area (Å²) in [6.07, 6.45) is 0.337. The van der Waals surface area contributed by atoms with Gasteiger partial charge in [0.1, 0.15) is 6.26 Å². The van der Waals surface area contributed by atoms with Crippen LogP contribution in [0, 0.1) is 0 Å². The third-order valence-corrected chi connectivity index (χ3v) is 4.22.